The molecular weight excluding hydrogens is 278 g/mol. The predicted molar refractivity (Wildman–Crippen MR) is 76.9 cm³/mol. The lowest BCUT2D eigenvalue weighted by Gasteiger charge is -2.13. The molecule has 2 rings (SSSR count). The Bertz CT molecular complexity index is 580. The molecule has 1 atom stereocenters. The summed E-state index contributed by atoms with van der Waals surface area (Å²) < 4.78 is 6.78. The lowest BCUT2D eigenvalue weighted by molar-refractivity contribution is -0.144. The number of nitrogens with zero attached hydrogens (tertiary/aromatic N) is 2. The van der Waals surface area contributed by atoms with E-state index in [-0.39, 0.29) is 0 Å². The molecule has 0 aromatic carbocycles. The van der Waals surface area contributed by atoms with E-state index in [0.29, 0.717) is 18.1 Å². The summed E-state index contributed by atoms with van der Waals surface area (Å²) in [5, 5.41) is 0.575. The number of halogens is 1. The zero-order valence-electron chi connectivity index (χ0n) is 11.1. The summed E-state index contributed by atoms with van der Waals surface area (Å²) >= 11 is 5.82. The van der Waals surface area contributed by atoms with Crippen molar-refractivity contribution >= 4 is 17.6 Å². The molecule has 0 radical (unpaired) electrons. The molecule has 6 heteroatoms. The van der Waals surface area contributed by atoms with Crippen molar-refractivity contribution in [2.45, 2.75) is 19.4 Å². The molecule has 2 aromatic heterocycles. The Morgan fingerprint density at radius 2 is 2.30 bits per heavy atom. The summed E-state index contributed by atoms with van der Waals surface area (Å²) in [6, 6.07) is 6.66. The van der Waals surface area contributed by atoms with E-state index in [1.807, 2.05) is 29.0 Å². The first-order valence-corrected chi connectivity index (χ1v) is 6.70. The standard InChI is InChI=1S/C14H16ClN3O2/c1-2-20-14(19)12(16)8-11-4-3-7-18(11)13-6-5-10(15)9-17-13/h3-7,9,12H,2,8,16H2,1H3. The van der Waals surface area contributed by atoms with Gasteiger partial charge in [0.2, 0.25) is 0 Å². The predicted octanol–water partition coefficient (Wildman–Crippen LogP) is 1.96. The Kier molecular flexibility index (Phi) is 4.76. The van der Waals surface area contributed by atoms with Crippen LogP contribution < -0.4 is 5.73 Å². The molecule has 0 aliphatic rings. The van der Waals surface area contributed by atoms with Crippen molar-refractivity contribution in [3.05, 3.63) is 47.4 Å². The van der Waals surface area contributed by atoms with Gasteiger partial charge in [-0.25, -0.2) is 4.98 Å². The molecule has 2 aromatic rings. The minimum atomic E-state index is -0.684. The molecule has 2 heterocycles. The van der Waals surface area contributed by atoms with Gasteiger partial charge in [0, 0.05) is 24.5 Å². The number of esters is 1. The van der Waals surface area contributed by atoms with Gasteiger partial charge in [0.25, 0.3) is 0 Å². The average Bonchev–Trinajstić information content (AvgIpc) is 2.88. The molecule has 20 heavy (non-hydrogen) atoms. The molecule has 1 unspecified atom stereocenters. The highest BCUT2D eigenvalue weighted by Gasteiger charge is 2.17. The van der Waals surface area contributed by atoms with Crippen LogP contribution in [0.5, 0.6) is 0 Å². The van der Waals surface area contributed by atoms with E-state index in [1.54, 1.807) is 19.2 Å². The number of carbonyl (C=O) groups is 1. The molecule has 106 valence electrons. The van der Waals surface area contributed by atoms with Crippen LogP contribution in [0.2, 0.25) is 5.02 Å². The molecule has 0 saturated carbocycles. The SMILES string of the molecule is CCOC(=O)C(N)Cc1cccn1-c1ccc(Cl)cn1. The van der Waals surface area contributed by atoms with Crippen LogP contribution in [-0.2, 0) is 16.0 Å². The van der Waals surface area contributed by atoms with Crippen LogP contribution in [0.4, 0.5) is 0 Å². The van der Waals surface area contributed by atoms with E-state index in [2.05, 4.69) is 4.98 Å². The maximum atomic E-state index is 11.6. The second-order valence-corrected chi connectivity index (χ2v) is 4.70. The van der Waals surface area contributed by atoms with Gasteiger partial charge in [0.15, 0.2) is 0 Å². The van der Waals surface area contributed by atoms with Gasteiger partial charge in [-0.3, -0.25) is 4.79 Å². The van der Waals surface area contributed by atoms with Crippen LogP contribution in [0, 0.1) is 0 Å². The topological polar surface area (TPSA) is 70.1 Å². The normalized spacial score (nSPS) is 12.2. The molecular formula is C14H16ClN3O2. The number of ether oxygens (including phenoxy) is 1. The van der Waals surface area contributed by atoms with E-state index in [0.717, 1.165) is 11.5 Å². The Labute approximate surface area is 122 Å². The van der Waals surface area contributed by atoms with E-state index >= 15 is 0 Å². The minimum Gasteiger partial charge on any atom is -0.465 e. The number of nitrogens with two attached hydrogens (primary N) is 1. The third-order valence-corrected chi connectivity index (χ3v) is 3.03. The van der Waals surface area contributed by atoms with Gasteiger partial charge in [0.05, 0.1) is 11.6 Å². The molecule has 0 saturated heterocycles. The van der Waals surface area contributed by atoms with E-state index < -0.39 is 12.0 Å². The summed E-state index contributed by atoms with van der Waals surface area (Å²) in [6.07, 6.45) is 3.82. The zero-order chi connectivity index (χ0) is 14.5. The van der Waals surface area contributed by atoms with Crippen LogP contribution in [0.3, 0.4) is 0 Å². The van der Waals surface area contributed by atoms with Crippen LogP contribution in [0.25, 0.3) is 5.82 Å². The van der Waals surface area contributed by atoms with Gasteiger partial charge >= 0.3 is 5.97 Å². The number of rotatable bonds is 5. The Morgan fingerprint density at radius 3 is 2.95 bits per heavy atom. The van der Waals surface area contributed by atoms with Gasteiger partial charge in [-0.15, -0.1) is 0 Å². The van der Waals surface area contributed by atoms with Crippen LogP contribution in [0.1, 0.15) is 12.6 Å². The zero-order valence-corrected chi connectivity index (χ0v) is 11.9. The molecule has 0 aliphatic heterocycles. The Morgan fingerprint density at radius 1 is 1.50 bits per heavy atom. The first-order chi connectivity index (χ1) is 9.61. The Hall–Kier alpha value is -1.85. The molecule has 0 amide bonds. The molecule has 0 aliphatic carbocycles. The quantitative estimate of drug-likeness (QED) is 0.856. The summed E-state index contributed by atoms with van der Waals surface area (Å²) in [4.78, 5) is 15.8. The fourth-order valence-corrected chi connectivity index (χ4v) is 1.99. The largest absolute Gasteiger partial charge is 0.465 e. The Balaban J connectivity index is 2.16. The van der Waals surface area contributed by atoms with Crippen LogP contribution in [-0.4, -0.2) is 28.2 Å². The molecule has 5 nitrogen and oxygen atoms in total. The number of aromatic nitrogens is 2. The van der Waals surface area contributed by atoms with E-state index in [9.17, 15) is 4.79 Å². The monoisotopic (exact) mass is 293 g/mol. The number of hydrogen-bond donors (Lipinski definition) is 1. The maximum Gasteiger partial charge on any atom is 0.323 e. The molecule has 0 bridgehead atoms. The number of pyridine rings is 1. The number of carbonyl (C=O) groups excluding carboxylic acids is 1. The molecule has 0 spiro atoms. The van der Waals surface area contributed by atoms with Crippen molar-refractivity contribution in [2.75, 3.05) is 6.61 Å². The summed E-state index contributed by atoms with van der Waals surface area (Å²) in [7, 11) is 0. The van der Waals surface area contributed by atoms with Crippen molar-refractivity contribution in [1.29, 1.82) is 0 Å². The van der Waals surface area contributed by atoms with Gasteiger partial charge in [-0.05, 0) is 31.2 Å². The minimum absolute atomic E-state index is 0.326. The number of hydrogen-bond acceptors (Lipinski definition) is 4. The molecule has 2 N–H and O–H groups in total. The highest BCUT2D eigenvalue weighted by molar-refractivity contribution is 6.30. The maximum absolute atomic E-state index is 11.6. The molecule has 0 fully saturated rings. The third kappa shape index (κ3) is 3.37. The third-order valence-electron chi connectivity index (χ3n) is 2.81. The fourth-order valence-electron chi connectivity index (χ4n) is 1.87. The van der Waals surface area contributed by atoms with Gasteiger partial charge in [-0.1, -0.05) is 11.6 Å². The second-order valence-electron chi connectivity index (χ2n) is 4.27. The van der Waals surface area contributed by atoms with Crippen molar-refractivity contribution < 1.29 is 9.53 Å². The van der Waals surface area contributed by atoms with Crippen LogP contribution >= 0.6 is 11.6 Å². The summed E-state index contributed by atoms with van der Waals surface area (Å²) in [5.41, 5.74) is 6.73. The highest BCUT2D eigenvalue weighted by Crippen LogP contribution is 2.14. The summed E-state index contributed by atoms with van der Waals surface area (Å²) in [5.74, 6) is 0.328. The van der Waals surface area contributed by atoms with E-state index in [4.69, 9.17) is 22.1 Å². The van der Waals surface area contributed by atoms with Crippen molar-refractivity contribution in [3.63, 3.8) is 0 Å². The fraction of sp³-hybridized carbons (Fsp3) is 0.286. The van der Waals surface area contributed by atoms with Gasteiger partial charge in [-0.2, -0.15) is 0 Å². The van der Waals surface area contributed by atoms with Gasteiger partial charge < -0.3 is 15.0 Å². The lowest BCUT2D eigenvalue weighted by atomic mass is 10.1. The summed E-state index contributed by atoms with van der Waals surface area (Å²) in [6.45, 7) is 2.08. The van der Waals surface area contributed by atoms with Crippen molar-refractivity contribution in [1.82, 2.24) is 9.55 Å². The lowest BCUT2D eigenvalue weighted by Crippen LogP contribution is -2.35. The van der Waals surface area contributed by atoms with E-state index in [1.165, 1.54) is 0 Å². The first kappa shape index (κ1) is 14.6. The van der Waals surface area contributed by atoms with Crippen molar-refractivity contribution in [2.24, 2.45) is 5.73 Å². The van der Waals surface area contributed by atoms with Gasteiger partial charge in [0.1, 0.15) is 11.9 Å². The van der Waals surface area contributed by atoms with Crippen LogP contribution in [0.15, 0.2) is 36.7 Å². The average molecular weight is 294 g/mol. The highest BCUT2D eigenvalue weighted by atomic mass is 35.5. The van der Waals surface area contributed by atoms with Crippen molar-refractivity contribution in [3.8, 4) is 5.82 Å². The first-order valence-electron chi connectivity index (χ1n) is 6.32. The second kappa shape index (κ2) is 6.54. The smallest absolute Gasteiger partial charge is 0.323 e.